The van der Waals surface area contributed by atoms with Gasteiger partial charge in [-0.05, 0) is 19.3 Å². The van der Waals surface area contributed by atoms with E-state index in [2.05, 4.69) is 31.1 Å². The number of ether oxygens (including phenoxy) is 1. The third-order valence-electron chi connectivity index (χ3n) is 2.43. The summed E-state index contributed by atoms with van der Waals surface area (Å²) in [6, 6.07) is 0. The molecule has 0 aromatic carbocycles. The summed E-state index contributed by atoms with van der Waals surface area (Å²) >= 11 is 0. The number of carbonyl (C=O) groups excluding carboxylic acids is 1. The second-order valence-electron chi connectivity index (χ2n) is 4.65. The van der Waals surface area contributed by atoms with Crippen LogP contribution < -0.4 is 11.3 Å². The Morgan fingerprint density at radius 3 is 2.89 bits per heavy atom. The van der Waals surface area contributed by atoms with E-state index in [9.17, 15) is 4.79 Å². The maximum atomic E-state index is 11.1. The molecule has 1 aromatic rings. The monoisotopic (exact) mass is 255 g/mol. The molecule has 0 saturated heterocycles. The minimum absolute atomic E-state index is 0.202. The highest BCUT2D eigenvalue weighted by atomic mass is 16.5. The van der Waals surface area contributed by atoms with Crippen LogP contribution in [0.1, 0.15) is 37.7 Å². The minimum Gasteiger partial charge on any atom is -0.377 e. The summed E-state index contributed by atoms with van der Waals surface area (Å²) in [5.41, 5.74) is 2.21. The first kappa shape index (κ1) is 14.6. The molecule has 0 spiro atoms. The Balaban J connectivity index is 2.31. The third-order valence-corrected chi connectivity index (χ3v) is 2.43. The molecule has 0 fully saturated rings. The molecule has 1 aromatic heterocycles. The Morgan fingerprint density at radius 2 is 2.28 bits per heavy atom. The number of rotatable bonds is 7. The number of nitrogens with zero attached hydrogens (tertiary/aromatic N) is 3. The van der Waals surface area contributed by atoms with Crippen LogP contribution in [0.2, 0.25) is 0 Å². The molecule has 0 aliphatic heterocycles. The molecule has 0 aliphatic rings. The number of hydrazine groups is 1. The van der Waals surface area contributed by atoms with Gasteiger partial charge in [-0.15, -0.1) is 5.10 Å². The lowest BCUT2D eigenvalue weighted by Crippen LogP contribution is -2.30. The number of nitrogen functional groups attached to an aromatic ring is 1. The Kier molecular flexibility index (Phi) is 5.73. The fourth-order valence-corrected chi connectivity index (χ4v) is 1.66. The summed E-state index contributed by atoms with van der Waals surface area (Å²) in [5, 5.41) is 7.51. The molecule has 1 rings (SSSR count). The number of hydrogen-bond acceptors (Lipinski definition) is 5. The van der Waals surface area contributed by atoms with Crippen LogP contribution in [0.25, 0.3) is 0 Å². The van der Waals surface area contributed by atoms with Crippen LogP contribution in [0.3, 0.4) is 0 Å². The number of carbonyl (C=O) groups is 1. The second kappa shape index (κ2) is 7.07. The summed E-state index contributed by atoms with van der Waals surface area (Å²) in [6.45, 7) is 7.48. The van der Waals surface area contributed by atoms with Gasteiger partial charge in [0.05, 0.1) is 25.5 Å². The normalized spacial score (nSPS) is 12.7. The smallest absolute Gasteiger partial charge is 0.287 e. The van der Waals surface area contributed by atoms with Crippen molar-refractivity contribution in [1.29, 1.82) is 0 Å². The highest BCUT2D eigenvalue weighted by Crippen LogP contribution is 2.07. The molecule has 0 bridgehead atoms. The van der Waals surface area contributed by atoms with Crippen molar-refractivity contribution >= 4 is 5.91 Å². The molecule has 18 heavy (non-hydrogen) atoms. The summed E-state index contributed by atoms with van der Waals surface area (Å²) in [4.78, 5) is 11.1. The zero-order valence-electron chi connectivity index (χ0n) is 11.1. The van der Waals surface area contributed by atoms with Gasteiger partial charge < -0.3 is 4.74 Å². The Bertz CT molecular complexity index is 377. The first-order chi connectivity index (χ1) is 8.52. The minimum atomic E-state index is -0.449. The molecule has 1 heterocycles. The van der Waals surface area contributed by atoms with Crippen molar-refractivity contribution in [1.82, 2.24) is 20.4 Å². The van der Waals surface area contributed by atoms with Gasteiger partial charge in [-0.25, -0.2) is 10.5 Å². The second-order valence-corrected chi connectivity index (χ2v) is 4.65. The van der Waals surface area contributed by atoms with Gasteiger partial charge in [-0.3, -0.25) is 10.2 Å². The fourth-order valence-electron chi connectivity index (χ4n) is 1.66. The molecule has 1 atom stereocenters. The number of hydrogen-bond donors (Lipinski definition) is 2. The quantitative estimate of drug-likeness (QED) is 0.416. The topological polar surface area (TPSA) is 95.1 Å². The van der Waals surface area contributed by atoms with E-state index in [0.717, 1.165) is 6.42 Å². The first-order valence-corrected chi connectivity index (χ1v) is 6.05. The van der Waals surface area contributed by atoms with Crippen LogP contribution in [0, 0.1) is 5.92 Å². The molecular weight excluding hydrogens is 234 g/mol. The van der Waals surface area contributed by atoms with E-state index >= 15 is 0 Å². The van der Waals surface area contributed by atoms with E-state index in [1.54, 1.807) is 10.9 Å². The molecule has 7 heteroatoms. The van der Waals surface area contributed by atoms with E-state index in [1.165, 1.54) is 0 Å². The van der Waals surface area contributed by atoms with Gasteiger partial charge in [0.25, 0.3) is 5.91 Å². The maximum Gasteiger partial charge on any atom is 0.287 e. The van der Waals surface area contributed by atoms with Gasteiger partial charge in [0.1, 0.15) is 0 Å². The number of aromatic nitrogens is 3. The Morgan fingerprint density at radius 1 is 1.56 bits per heavy atom. The van der Waals surface area contributed by atoms with Crippen molar-refractivity contribution in [2.45, 2.75) is 39.8 Å². The van der Waals surface area contributed by atoms with Crippen LogP contribution >= 0.6 is 0 Å². The highest BCUT2D eigenvalue weighted by molar-refractivity contribution is 5.91. The third kappa shape index (κ3) is 4.80. The molecule has 1 unspecified atom stereocenters. The fraction of sp³-hybridized carbons (Fsp3) is 0.727. The molecule has 0 radical (unpaired) electrons. The van der Waals surface area contributed by atoms with E-state index in [4.69, 9.17) is 10.6 Å². The SMILES string of the molecule is CC(C)CC(C)OCCn1cc(C(=O)NN)nn1. The van der Waals surface area contributed by atoms with Crippen molar-refractivity contribution in [2.24, 2.45) is 11.8 Å². The summed E-state index contributed by atoms with van der Waals surface area (Å²) in [7, 11) is 0. The maximum absolute atomic E-state index is 11.1. The Hall–Kier alpha value is -1.47. The van der Waals surface area contributed by atoms with E-state index in [0.29, 0.717) is 19.1 Å². The van der Waals surface area contributed by atoms with Crippen molar-refractivity contribution in [3.8, 4) is 0 Å². The molecule has 1 amide bonds. The Labute approximate surface area is 107 Å². The largest absolute Gasteiger partial charge is 0.377 e. The number of nitrogens with two attached hydrogens (primary N) is 1. The van der Waals surface area contributed by atoms with Gasteiger partial charge >= 0.3 is 0 Å². The van der Waals surface area contributed by atoms with Crippen LogP contribution in [-0.2, 0) is 11.3 Å². The van der Waals surface area contributed by atoms with Gasteiger partial charge in [0.2, 0.25) is 0 Å². The molecular formula is C11H21N5O2. The number of amides is 1. The van der Waals surface area contributed by atoms with Crippen LogP contribution in [0.5, 0.6) is 0 Å². The van der Waals surface area contributed by atoms with E-state index in [1.807, 2.05) is 5.43 Å². The highest BCUT2D eigenvalue weighted by Gasteiger charge is 2.09. The van der Waals surface area contributed by atoms with E-state index in [-0.39, 0.29) is 11.8 Å². The molecule has 7 nitrogen and oxygen atoms in total. The van der Waals surface area contributed by atoms with E-state index < -0.39 is 5.91 Å². The number of nitrogens with one attached hydrogen (secondary N) is 1. The van der Waals surface area contributed by atoms with Gasteiger partial charge in [0, 0.05) is 0 Å². The summed E-state index contributed by atoms with van der Waals surface area (Å²) < 4.78 is 7.20. The zero-order valence-corrected chi connectivity index (χ0v) is 11.1. The average molecular weight is 255 g/mol. The van der Waals surface area contributed by atoms with Crippen molar-refractivity contribution in [3.63, 3.8) is 0 Å². The van der Waals surface area contributed by atoms with Crippen molar-refractivity contribution in [2.75, 3.05) is 6.61 Å². The van der Waals surface area contributed by atoms with Gasteiger partial charge in [-0.2, -0.15) is 0 Å². The van der Waals surface area contributed by atoms with Crippen LogP contribution in [0.15, 0.2) is 6.20 Å². The lowest BCUT2D eigenvalue weighted by atomic mass is 10.1. The molecule has 102 valence electrons. The summed E-state index contributed by atoms with van der Waals surface area (Å²) in [5.74, 6) is 5.17. The van der Waals surface area contributed by atoms with Crippen LogP contribution in [0.4, 0.5) is 0 Å². The van der Waals surface area contributed by atoms with Gasteiger partial charge in [-0.1, -0.05) is 19.1 Å². The van der Waals surface area contributed by atoms with Crippen LogP contribution in [-0.4, -0.2) is 33.6 Å². The molecule has 0 saturated carbocycles. The molecule has 3 N–H and O–H groups in total. The molecule has 0 aliphatic carbocycles. The van der Waals surface area contributed by atoms with Gasteiger partial charge in [0.15, 0.2) is 5.69 Å². The van der Waals surface area contributed by atoms with Crippen molar-refractivity contribution in [3.05, 3.63) is 11.9 Å². The summed E-state index contributed by atoms with van der Waals surface area (Å²) in [6.07, 6.45) is 2.79. The first-order valence-electron chi connectivity index (χ1n) is 6.05. The predicted octanol–water partition coefficient (Wildman–Crippen LogP) is 0.333. The average Bonchev–Trinajstić information content (AvgIpc) is 2.75. The lowest BCUT2D eigenvalue weighted by molar-refractivity contribution is 0.0452. The standard InChI is InChI=1S/C11H21N5O2/c1-8(2)6-9(3)18-5-4-16-7-10(14-15-16)11(17)13-12/h7-9H,4-6,12H2,1-3H3,(H,13,17). The predicted molar refractivity (Wildman–Crippen MR) is 66.5 cm³/mol. The van der Waals surface area contributed by atoms with Crippen molar-refractivity contribution < 1.29 is 9.53 Å². The lowest BCUT2D eigenvalue weighted by Gasteiger charge is -2.14. The zero-order chi connectivity index (χ0) is 13.5.